The van der Waals surface area contributed by atoms with E-state index < -0.39 is 5.60 Å². The van der Waals surface area contributed by atoms with Crippen molar-refractivity contribution in [2.75, 3.05) is 20.2 Å². The summed E-state index contributed by atoms with van der Waals surface area (Å²) in [7, 11) is 1.45. The van der Waals surface area contributed by atoms with Crippen molar-refractivity contribution in [3.63, 3.8) is 0 Å². The molecular weight excluding hydrogens is 328 g/mol. The van der Waals surface area contributed by atoms with Crippen LogP contribution in [0.2, 0.25) is 0 Å². The summed E-state index contributed by atoms with van der Waals surface area (Å²) in [6.07, 6.45) is 3.74. The summed E-state index contributed by atoms with van der Waals surface area (Å²) in [5.41, 5.74) is 2.89. The number of piperidine rings is 1. The molecule has 1 saturated heterocycles. The number of ether oxygens (including phenoxy) is 2. The molecule has 0 unspecified atom stereocenters. The molecule has 5 nitrogen and oxygen atoms in total. The van der Waals surface area contributed by atoms with Crippen molar-refractivity contribution < 1.29 is 14.3 Å². The van der Waals surface area contributed by atoms with Crippen molar-refractivity contribution in [2.45, 2.75) is 44.6 Å². The van der Waals surface area contributed by atoms with Crippen LogP contribution in [0.5, 0.6) is 5.75 Å². The van der Waals surface area contributed by atoms with E-state index in [1.54, 1.807) is 0 Å². The number of para-hydroxylation sites is 2. The van der Waals surface area contributed by atoms with Crippen LogP contribution in [0.4, 0.5) is 0 Å². The number of nitrogens with zero attached hydrogens (tertiary/aromatic N) is 1. The van der Waals surface area contributed by atoms with E-state index in [0.29, 0.717) is 5.56 Å². The number of methoxy groups -OCH3 is 1. The van der Waals surface area contributed by atoms with Gasteiger partial charge in [-0.3, -0.25) is 0 Å². The van der Waals surface area contributed by atoms with Gasteiger partial charge in [-0.15, -0.1) is 0 Å². The molecule has 5 heteroatoms. The zero-order chi connectivity index (χ0) is 18.5. The molecule has 0 radical (unpaired) electrons. The lowest BCUT2D eigenvalue weighted by atomic mass is 9.81. The van der Waals surface area contributed by atoms with Crippen LogP contribution < -0.4 is 10.1 Å². The van der Waals surface area contributed by atoms with Gasteiger partial charge in [-0.05, 0) is 36.2 Å². The van der Waals surface area contributed by atoms with Crippen LogP contribution in [0, 0.1) is 0 Å². The molecule has 2 aliphatic rings. The third-order valence-corrected chi connectivity index (χ3v) is 5.48. The van der Waals surface area contributed by atoms with Gasteiger partial charge < -0.3 is 19.4 Å². The number of aromatic nitrogens is 1. The highest BCUT2D eigenvalue weighted by Crippen LogP contribution is 2.48. The molecule has 0 amide bonds. The Bertz CT molecular complexity index is 855. The number of carbonyl (C=O) groups is 1. The van der Waals surface area contributed by atoms with E-state index in [1.807, 2.05) is 24.3 Å². The summed E-state index contributed by atoms with van der Waals surface area (Å²) in [5.74, 6) is 0.582. The third-order valence-electron chi connectivity index (χ3n) is 5.48. The Morgan fingerprint density at radius 1 is 1.23 bits per heavy atom. The van der Waals surface area contributed by atoms with Crippen molar-refractivity contribution in [1.82, 2.24) is 9.88 Å². The van der Waals surface area contributed by atoms with E-state index in [2.05, 4.69) is 36.9 Å². The molecule has 138 valence electrons. The third kappa shape index (κ3) is 2.45. The van der Waals surface area contributed by atoms with Crippen molar-refractivity contribution in [1.29, 1.82) is 0 Å². The van der Waals surface area contributed by atoms with Gasteiger partial charge in [-0.2, -0.15) is 0 Å². The highest BCUT2D eigenvalue weighted by atomic mass is 16.5. The average Bonchev–Trinajstić information content (AvgIpc) is 3.04. The number of hydrogen-bond donors (Lipinski definition) is 1. The number of fused-ring (bicyclic) bond motifs is 4. The Hall–Kier alpha value is -2.27. The predicted molar refractivity (Wildman–Crippen MR) is 100 cm³/mol. The van der Waals surface area contributed by atoms with Gasteiger partial charge in [-0.1, -0.05) is 32.9 Å². The molecule has 0 bridgehead atoms. The van der Waals surface area contributed by atoms with Gasteiger partial charge in [0.1, 0.15) is 5.75 Å². The molecule has 0 aliphatic carbocycles. The van der Waals surface area contributed by atoms with E-state index in [-0.39, 0.29) is 11.4 Å². The summed E-state index contributed by atoms with van der Waals surface area (Å²) in [4.78, 5) is 12.8. The highest BCUT2D eigenvalue weighted by Gasteiger charge is 2.47. The first-order chi connectivity index (χ1) is 12.4. The minimum atomic E-state index is -0.507. The predicted octanol–water partition coefficient (Wildman–Crippen LogP) is 3.53. The summed E-state index contributed by atoms with van der Waals surface area (Å²) >= 11 is 0. The molecular formula is C21H26N2O3. The fourth-order valence-corrected chi connectivity index (χ4v) is 4.19. The van der Waals surface area contributed by atoms with E-state index in [1.165, 1.54) is 7.11 Å². The highest BCUT2D eigenvalue weighted by molar-refractivity contribution is 5.94. The van der Waals surface area contributed by atoms with Crippen LogP contribution in [0.25, 0.3) is 5.69 Å². The largest absolute Gasteiger partial charge is 0.479 e. The first kappa shape index (κ1) is 17.2. The maximum absolute atomic E-state index is 12.8. The van der Waals surface area contributed by atoms with Crippen LogP contribution >= 0.6 is 0 Å². The maximum atomic E-state index is 12.8. The van der Waals surface area contributed by atoms with Crippen molar-refractivity contribution in [3.05, 3.63) is 47.3 Å². The molecule has 2 aromatic rings. The molecule has 26 heavy (non-hydrogen) atoms. The van der Waals surface area contributed by atoms with E-state index in [9.17, 15) is 4.79 Å². The van der Waals surface area contributed by atoms with Crippen LogP contribution in [0.15, 0.2) is 30.5 Å². The molecule has 1 aromatic carbocycles. The fourth-order valence-electron chi connectivity index (χ4n) is 4.19. The first-order valence-electron chi connectivity index (χ1n) is 9.21. The topological polar surface area (TPSA) is 52.5 Å². The standard InChI is InChI=1S/C21H26N2O3/c1-20(2,3)14-13-23-15-7-5-6-8-16(15)26-21(9-11-22-12-10-21)18(23)17(14)19(24)25-4/h5-8,13,22H,9-12H2,1-4H3. The van der Waals surface area contributed by atoms with E-state index in [4.69, 9.17) is 9.47 Å². The Labute approximate surface area is 154 Å². The Morgan fingerprint density at radius 2 is 1.92 bits per heavy atom. The Kier molecular flexibility index (Phi) is 3.88. The Balaban J connectivity index is 2.06. The molecule has 3 heterocycles. The summed E-state index contributed by atoms with van der Waals surface area (Å²) in [6.45, 7) is 8.10. The molecule has 1 N–H and O–H groups in total. The van der Waals surface area contributed by atoms with Crippen LogP contribution in [-0.2, 0) is 15.8 Å². The van der Waals surface area contributed by atoms with Gasteiger partial charge in [0, 0.05) is 19.0 Å². The van der Waals surface area contributed by atoms with Gasteiger partial charge in [0.05, 0.1) is 24.1 Å². The van der Waals surface area contributed by atoms with Gasteiger partial charge in [0.25, 0.3) is 0 Å². The lowest BCUT2D eigenvalue weighted by Crippen LogP contribution is -2.47. The van der Waals surface area contributed by atoms with Gasteiger partial charge >= 0.3 is 5.97 Å². The lowest BCUT2D eigenvalue weighted by Gasteiger charge is -2.42. The van der Waals surface area contributed by atoms with E-state index >= 15 is 0 Å². The SMILES string of the molecule is COC(=O)c1c(C(C)(C)C)cn2c1C1(CCNCC1)Oc1ccccc1-2. The molecule has 1 spiro atoms. The molecule has 0 saturated carbocycles. The molecule has 2 aliphatic heterocycles. The second-order valence-corrected chi connectivity index (χ2v) is 8.19. The zero-order valence-electron chi connectivity index (χ0n) is 15.9. The molecule has 0 atom stereocenters. The summed E-state index contributed by atoms with van der Waals surface area (Å²) in [5, 5.41) is 3.41. The van der Waals surface area contributed by atoms with Crippen LogP contribution in [0.3, 0.4) is 0 Å². The molecule has 4 rings (SSSR count). The summed E-state index contributed by atoms with van der Waals surface area (Å²) < 4.78 is 13.9. The van der Waals surface area contributed by atoms with Crippen molar-refractivity contribution >= 4 is 5.97 Å². The van der Waals surface area contributed by atoms with Gasteiger partial charge in [0.15, 0.2) is 5.60 Å². The number of esters is 1. The monoisotopic (exact) mass is 354 g/mol. The first-order valence-corrected chi connectivity index (χ1v) is 9.21. The lowest BCUT2D eigenvalue weighted by molar-refractivity contribution is 0.0177. The van der Waals surface area contributed by atoms with Crippen molar-refractivity contribution in [3.8, 4) is 11.4 Å². The average molecular weight is 354 g/mol. The second kappa shape index (κ2) is 5.88. The smallest absolute Gasteiger partial charge is 0.340 e. The minimum Gasteiger partial charge on any atom is -0.479 e. The molecule has 1 aromatic heterocycles. The van der Waals surface area contributed by atoms with Crippen LogP contribution in [-0.4, -0.2) is 30.7 Å². The normalized spacial score (nSPS) is 18.0. The van der Waals surface area contributed by atoms with Gasteiger partial charge in [-0.25, -0.2) is 4.79 Å². The molecule has 1 fully saturated rings. The fraction of sp³-hybridized carbons (Fsp3) is 0.476. The van der Waals surface area contributed by atoms with E-state index in [0.717, 1.165) is 48.6 Å². The van der Waals surface area contributed by atoms with Gasteiger partial charge in [0.2, 0.25) is 0 Å². The van der Waals surface area contributed by atoms with Crippen molar-refractivity contribution in [2.24, 2.45) is 0 Å². The Morgan fingerprint density at radius 3 is 2.58 bits per heavy atom. The second-order valence-electron chi connectivity index (χ2n) is 8.19. The number of rotatable bonds is 1. The number of benzene rings is 1. The maximum Gasteiger partial charge on any atom is 0.340 e. The van der Waals surface area contributed by atoms with Crippen LogP contribution in [0.1, 0.15) is 55.2 Å². The number of hydrogen-bond acceptors (Lipinski definition) is 4. The number of carbonyl (C=O) groups excluding carboxylic acids is 1. The number of nitrogens with one attached hydrogen (secondary N) is 1. The summed E-state index contributed by atoms with van der Waals surface area (Å²) in [6, 6.07) is 8.05. The minimum absolute atomic E-state index is 0.184. The zero-order valence-corrected chi connectivity index (χ0v) is 15.9. The quantitative estimate of drug-likeness (QED) is 0.796.